The molecule has 1 aromatic heterocycles. The number of anilines is 1. The molecule has 1 heterocycles. The molecule has 0 unspecified atom stereocenters. The van der Waals surface area contributed by atoms with Crippen molar-refractivity contribution in [2.24, 2.45) is 0 Å². The topological polar surface area (TPSA) is 59.4 Å². The Bertz CT molecular complexity index is 1160. The van der Waals surface area contributed by atoms with E-state index in [2.05, 4.69) is 29.4 Å². The number of halogens is 3. The maximum Gasteiger partial charge on any atom is 0.435 e. The second-order valence-electron chi connectivity index (χ2n) is 9.24. The van der Waals surface area contributed by atoms with E-state index in [1.165, 1.54) is 19.1 Å². The fraction of sp³-hybridized carbons (Fsp3) is 0.385. The lowest BCUT2D eigenvalue weighted by Crippen LogP contribution is -2.37. The number of nitrogens with one attached hydrogen (secondary N) is 1. The van der Waals surface area contributed by atoms with Crippen LogP contribution in [0.3, 0.4) is 0 Å². The molecule has 4 rings (SSSR count). The average molecular weight is 487 g/mol. The van der Waals surface area contributed by atoms with Gasteiger partial charge in [0.15, 0.2) is 5.69 Å². The van der Waals surface area contributed by atoms with Crippen molar-refractivity contribution in [1.29, 1.82) is 0 Å². The van der Waals surface area contributed by atoms with E-state index in [0.29, 0.717) is 17.1 Å². The van der Waals surface area contributed by atoms with E-state index in [1.54, 1.807) is 24.3 Å². The monoisotopic (exact) mass is 486 g/mol. The number of alkyl halides is 3. The Balaban J connectivity index is 1.57. The van der Waals surface area contributed by atoms with Crippen molar-refractivity contribution in [2.75, 3.05) is 33.1 Å². The Morgan fingerprint density at radius 2 is 1.77 bits per heavy atom. The van der Waals surface area contributed by atoms with E-state index in [0.717, 1.165) is 36.6 Å². The first-order valence-electron chi connectivity index (χ1n) is 11.5. The molecule has 1 N–H and O–H groups in total. The average Bonchev–Trinajstić information content (AvgIpc) is 3.26. The number of rotatable bonds is 8. The number of hydrogen-bond acceptors (Lipinski definition) is 4. The molecule has 0 atom stereocenters. The minimum absolute atomic E-state index is 0.154. The Morgan fingerprint density at radius 1 is 1.11 bits per heavy atom. The van der Waals surface area contributed by atoms with Gasteiger partial charge in [-0.1, -0.05) is 18.6 Å². The highest BCUT2D eigenvalue weighted by atomic mass is 19.4. The molecule has 0 bridgehead atoms. The number of methoxy groups -OCH3 is 1. The molecule has 0 aliphatic heterocycles. The van der Waals surface area contributed by atoms with Gasteiger partial charge >= 0.3 is 6.18 Å². The lowest BCUT2D eigenvalue weighted by atomic mass is 9.62. The number of hydrogen-bond donors (Lipinski definition) is 1. The summed E-state index contributed by atoms with van der Waals surface area (Å²) in [5.41, 5.74) is 0.855. The number of benzene rings is 2. The molecule has 1 saturated carbocycles. The first-order chi connectivity index (χ1) is 16.6. The van der Waals surface area contributed by atoms with E-state index in [-0.39, 0.29) is 11.1 Å². The predicted octanol–water partition coefficient (Wildman–Crippen LogP) is 5.53. The third-order valence-electron chi connectivity index (χ3n) is 6.65. The van der Waals surface area contributed by atoms with Crippen LogP contribution in [-0.4, -0.2) is 48.3 Å². The van der Waals surface area contributed by atoms with Crippen molar-refractivity contribution < 1.29 is 22.7 Å². The normalized spacial score (nSPS) is 15.1. The SMILES string of the molecule is COc1ccc(-n2nc(C(F)(F)F)cc2C(=O)Nc2ccc(C3(CCN(C)C)CCC3)cc2)cc1. The summed E-state index contributed by atoms with van der Waals surface area (Å²) in [4.78, 5) is 15.2. The lowest BCUT2D eigenvalue weighted by molar-refractivity contribution is -0.141. The van der Waals surface area contributed by atoms with E-state index in [4.69, 9.17) is 4.74 Å². The molecule has 0 spiro atoms. The first-order valence-corrected chi connectivity index (χ1v) is 11.5. The zero-order chi connectivity index (χ0) is 25.2. The summed E-state index contributed by atoms with van der Waals surface area (Å²) in [6.45, 7) is 0.995. The number of amides is 1. The Morgan fingerprint density at radius 3 is 2.29 bits per heavy atom. The summed E-state index contributed by atoms with van der Waals surface area (Å²) in [5.74, 6) is -0.139. The number of aromatic nitrogens is 2. The van der Waals surface area contributed by atoms with Crippen LogP contribution in [0.4, 0.5) is 18.9 Å². The van der Waals surface area contributed by atoms with Crippen LogP contribution in [-0.2, 0) is 11.6 Å². The highest BCUT2D eigenvalue weighted by molar-refractivity contribution is 6.03. The van der Waals surface area contributed by atoms with Crippen molar-refractivity contribution in [3.8, 4) is 11.4 Å². The zero-order valence-electron chi connectivity index (χ0n) is 20.0. The summed E-state index contributed by atoms with van der Waals surface area (Å²) in [7, 11) is 5.61. The standard InChI is InChI=1S/C26H29F3N4O2/c1-32(2)16-15-25(13-4-14-25)18-5-7-19(8-6-18)30-24(34)22-17-23(26(27,28)29)31-33(22)20-9-11-21(35-3)12-10-20/h5-12,17H,4,13-16H2,1-3H3,(H,30,34). The van der Waals surface area contributed by atoms with E-state index in [1.807, 2.05) is 24.3 Å². The Labute approximate surface area is 202 Å². The molecule has 1 amide bonds. The number of carbonyl (C=O) groups is 1. The van der Waals surface area contributed by atoms with Gasteiger partial charge in [0.1, 0.15) is 11.4 Å². The van der Waals surface area contributed by atoms with Crippen molar-refractivity contribution in [3.05, 3.63) is 71.5 Å². The van der Waals surface area contributed by atoms with Crippen LogP contribution in [0, 0.1) is 0 Å². The van der Waals surface area contributed by atoms with Crippen molar-refractivity contribution >= 4 is 11.6 Å². The van der Waals surface area contributed by atoms with Crippen LogP contribution < -0.4 is 10.1 Å². The second kappa shape index (κ2) is 9.73. The molecular formula is C26H29F3N4O2. The van der Waals surface area contributed by atoms with Gasteiger partial charge in [0.2, 0.25) is 0 Å². The third kappa shape index (κ3) is 5.35. The van der Waals surface area contributed by atoms with Gasteiger partial charge in [-0.3, -0.25) is 4.79 Å². The smallest absolute Gasteiger partial charge is 0.435 e. The minimum atomic E-state index is -4.68. The maximum absolute atomic E-state index is 13.4. The molecule has 1 aliphatic rings. The van der Waals surface area contributed by atoms with Crippen LogP contribution in [0.15, 0.2) is 54.6 Å². The molecule has 2 aromatic carbocycles. The van der Waals surface area contributed by atoms with Crippen LogP contribution in [0.1, 0.15) is 47.4 Å². The van der Waals surface area contributed by atoms with Gasteiger partial charge in [0, 0.05) is 11.8 Å². The predicted molar refractivity (Wildman–Crippen MR) is 128 cm³/mol. The van der Waals surface area contributed by atoms with Gasteiger partial charge in [-0.05, 0) is 87.3 Å². The third-order valence-corrected chi connectivity index (χ3v) is 6.65. The van der Waals surface area contributed by atoms with E-state index < -0.39 is 17.8 Å². The molecular weight excluding hydrogens is 457 g/mol. The fourth-order valence-electron chi connectivity index (χ4n) is 4.43. The quantitative estimate of drug-likeness (QED) is 0.455. The van der Waals surface area contributed by atoms with Crippen LogP contribution in [0.25, 0.3) is 5.69 Å². The number of nitrogens with zero attached hydrogens (tertiary/aromatic N) is 3. The summed E-state index contributed by atoms with van der Waals surface area (Å²) in [6, 6.07) is 14.7. The van der Waals surface area contributed by atoms with Gasteiger partial charge in [0.05, 0.1) is 12.8 Å². The highest BCUT2D eigenvalue weighted by Crippen LogP contribution is 2.46. The number of carbonyl (C=O) groups excluding carboxylic acids is 1. The molecule has 1 fully saturated rings. The minimum Gasteiger partial charge on any atom is -0.497 e. The summed E-state index contributed by atoms with van der Waals surface area (Å²) >= 11 is 0. The molecule has 0 radical (unpaired) electrons. The second-order valence-corrected chi connectivity index (χ2v) is 9.24. The lowest BCUT2D eigenvalue weighted by Gasteiger charge is -2.43. The molecule has 0 saturated heterocycles. The molecule has 186 valence electrons. The first kappa shape index (κ1) is 24.8. The maximum atomic E-state index is 13.4. The van der Waals surface area contributed by atoms with Gasteiger partial charge < -0.3 is 15.0 Å². The molecule has 3 aromatic rings. The van der Waals surface area contributed by atoms with Gasteiger partial charge in [-0.25, -0.2) is 4.68 Å². The van der Waals surface area contributed by atoms with E-state index >= 15 is 0 Å². The largest absolute Gasteiger partial charge is 0.497 e. The van der Waals surface area contributed by atoms with Gasteiger partial charge in [-0.2, -0.15) is 18.3 Å². The number of ether oxygens (including phenoxy) is 1. The molecule has 1 aliphatic carbocycles. The molecule has 35 heavy (non-hydrogen) atoms. The van der Waals surface area contributed by atoms with Gasteiger partial charge in [0.25, 0.3) is 5.91 Å². The van der Waals surface area contributed by atoms with E-state index in [9.17, 15) is 18.0 Å². The van der Waals surface area contributed by atoms with Crippen molar-refractivity contribution in [3.63, 3.8) is 0 Å². The van der Waals surface area contributed by atoms with Crippen molar-refractivity contribution in [2.45, 2.75) is 37.3 Å². The molecule has 6 nitrogen and oxygen atoms in total. The van der Waals surface area contributed by atoms with Crippen LogP contribution in [0.2, 0.25) is 0 Å². The zero-order valence-corrected chi connectivity index (χ0v) is 20.0. The Kier molecular flexibility index (Phi) is 6.89. The van der Waals surface area contributed by atoms with Crippen LogP contribution >= 0.6 is 0 Å². The van der Waals surface area contributed by atoms with Crippen LogP contribution in [0.5, 0.6) is 5.75 Å². The summed E-state index contributed by atoms with van der Waals surface area (Å²) < 4.78 is 46.2. The van der Waals surface area contributed by atoms with Crippen molar-refractivity contribution in [1.82, 2.24) is 14.7 Å². The highest BCUT2D eigenvalue weighted by Gasteiger charge is 2.38. The summed E-state index contributed by atoms with van der Waals surface area (Å²) in [6.07, 6.45) is -0.157. The summed E-state index contributed by atoms with van der Waals surface area (Å²) in [5, 5.41) is 6.38. The fourth-order valence-corrected chi connectivity index (χ4v) is 4.43. The Hall–Kier alpha value is -3.33. The molecule has 9 heteroatoms. The van der Waals surface area contributed by atoms with Gasteiger partial charge in [-0.15, -0.1) is 0 Å².